The Morgan fingerprint density at radius 1 is 0.933 bits per heavy atom. The van der Waals surface area contributed by atoms with E-state index in [0.29, 0.717) is 17.7 Å². The largest absolute Gasteiger partial charge is 0.465 e. The standard InChI is InChI=1S/C18H20F2N2O6S2/c1-9-6-10(2)17(11(3)16(9)22-29(5,24)25)30(26,27)21-15-7-12(18(23)28-4)13(19)8-14(15)20/h6-8,21-22H,1-5H3. The maximum atomic E-state index is 14.2. The zero-order valence-corrected chi connectivity index (χ0v) is 18.4. The van der Waals surface area contributed by atoms with Gasteiger partial charge in [0, 0.05) is 6.07 Å². The highest BCUT2D eigenvalue weighted by Crippen LogP contribution is 2.32. The number of carbonyl (C=O) groups is 1. The summed E-state index contributed by atoms with van der Waals surface area (Å²) >= 11 is 0. The molecule has 12 heteroatoms. The summed E-state index contributed by atoms with van der Waals surface area (Å²) in [7, 11) is -7.17. The number of rotatable bonds is 6. The second-order valence-electron chi connectivity index (χ2n) is 6.62. The Morgan fingerprint density at radius 3 is 2.07 bits per heavy atom. The summed E-state index contributed by atoms with van der Waals surface area (Å²) in [5.74, 6) is -3.58. The van der Waals surface area contributed by atoms with Gasteiger partial charge in [0.2, 0.25) is 10.0 Å². The molecular weight excluding hydrogens is 442 g/mol. The van der Waals surface area contributed by atoms with E-state index in [4.69, 9.17) is 0 Å². The van der Waals surface area contributed by atoms with Crippen molar-refractivity contribution in [2.75, 3.05) is 22.8 Å². The first-order valence-corrected chi connectivity index (χ1v) is 11.7. The normalized spacial score (nSPS) is 11.8. The summed E-state index contributed by atoms with van der Waals surface area (Å²) in [5, 5.41) is 0. The number of anilines is 2. The van der Waals surface area contributed by atoms with Crippen LogP contribution < -0.4 is 9.44 Å². The number of benzene rings is 2. The molecule has 0 bridgehead atoms. The number of methoxy groups -OCH3 is 1. The number of nitrogens with one attached hydrogen (secondary N) is 2. The first kappa shape index (κ1) is 23.5. The van der Waals surface area contributed by atoms with E-state index in [1.807, 2.05) is 4.72 Å². The number of esters is 1. The van der Waals surface area contributed by atoms with Crippen LogP contribution in [0.3, 0.4) is 0 Å². The van der Waals surface area contributed by atoms with Gasteiger partial charge in [0.1, 0.15) is 11.6 Å². The minimum atomic E-state index is -4.45. The second-order valence-corrected chi connectivity index (χ2v) is 9.99. The summed E-state index contributed by atoms with van der Waals surface area (Å²) in [6.45, 7) is 4.47. The van der Waals surface area contributed by atoms with E-state index in [1.54, 1.807) is 6.92 Å². The summed E-state index contributed by atoms with van der Waals surface area (Å²) in [5.41, 5.74) is -0.427. The minimum absolute atomic E-state index is 0.0679. The van der Waals surface area contributed by atoms with Gasteiger partial charge in [-0.25, -0.2) is 30.4 Å². The van der Waals surface area contributed by atoms with Gasteiger partial charge in [-0.3, -0.25) is 9.44 Å². The second kappa shape index (κ2) is 8.19. The van der Waals surface area contributed by atoms with Crippen molar-refractivity contribution in [3.63, 3.8) is 0 Å². The molecule has 0 amide bonds. The van der Waals surface area contributed by atoms with E-state index in [-0.39, 0.29) is 21.7 Å². The fourth-order valence-electron chi connectivity index (χ4n) is 3.01. The monoisotopic (exact) mass is 462 g/mol. The molecule has 2 aromatic carbocycles. The van der Waals surface area contributed by atoms with Gasteiger partial charge in [0.15, 0.2) is 0 Å². The maximum Gasteiger partial charge on any atom is 0.340 e. The number of carbonyl (C=O) groups excluding carboxylic acids is 1. The summed E-state index contributed by atoms with van der Waals surface area (Å²) < 4.78 is 86.0. The van der Waals surface area contributed by atoms with Gasteiger partial charge < -0.3 is 4.74 Å². The van der Waals surface area contributed by atoms with E-state index < -0.39 is 48.9 Å². The average molecular weight is 462 g/mol. The van der Waals surface area contributed by atoms with Crippen molar-refractivity contribution in [3.05, 3.63) is 52.1 Å². The van der Waals surface area contributed by atoms with E-state index in [2.05, 4.69) is 9.46 Å². The van der Waals surface area contributed by atoms with E-state index in [9.17, 15) is 30.4 Å². The number of hydrogen-bond acceptors (Lipinski definition) is 6. The summed E-state index contributed by atoms with van der Waals surface area (Å²) in [4.78, 5) is 11.3. The highest BCUT2D eigenvalue weighted by atomic mass is 32.2. The third-order valence-electron chi connectivity index (χ3n) is 4.16. The molecule has 0 aliphatic rings. The predicted molar refractivity (Wildman–Crippen MR) is 108 cm³/mol. The summed E-state index contributed by atoms with van der Waals surface area (Å²) in [6.07, 6.45) is 0.917. The SMILES string of the molecule is COC(=O)c1cc(NS(=O)(=O)c2c(C)cc(C)c(NS(C)(=O)=O)c2C)c(F)cc1F. The topological polar surface area (TPSA) is 119 Å². The molecule has 2 aromatic rings. The van der Waals surface area contributed by atoms with Crippen molar-refractivity contribution < 1.29 is 35.1 Å². The molecule has 0 unspecified atom stereocenters. The van der Waals surface area contributed by atoms with Crippen LogP contribution in [-0.4, -0.2) is 36.2 Å². The minimum Gasteiger partial charge on any atom is -0.465 e. The van der Waals surface area contributed by atoms with E-state index >= 15 is 0 Å². The van der Waals surface area contributed by atoms with Crippen LogP contribution in [0, 0.1) is 32.4 Å². The van der Waals surface area contributed by atoms with Gasteiger partial charge >= 0.3 is 5.97 Å². The van der Waals surface area contributed by atoms with Gasteiger partial charge in [-0.15, -0.1) is 0 Å². The van der Waals surface area contributed by atoms with Crippen molar-refractivity contribution in [3.8, 4) is 0 Å². The molecule has 0 aromatic heterocycles. The molecule has 2 N–H and O–H groups in total. The summed E-state index contributed by atoms with van der Waals surface area (Å²) in [6, 6.07) is 2.49. The smallest absolute Gasteiger partial charge is 0.340 e. The first-order valence-electron chi connectivity index (χ1n) is 8.36. The van der Waals surface area contributed by atoms with Crippen molar-refractivity contribution in [1.82, 2.24) is 0 Å². The molecular formula is C18H20F2N2O6S2. The highest BCUT2D eigenvalue weighted by molar-refractivity contribution is 7.93. The molecule has 0 saturated carbocycles. The molecule has 30 heavy (non-hydrogen) atoms. The Labute approximate surface area is 173 Å². The van der Waals surface area contributed by atoms with Crippen molar-refractivity contribution >= 4 is 37.4 Å². The Hall–Kier alpha value is -2.73. The molecule has 0 aliphatic heterocycles. The molecule has 0 heterocycles. The Kier molecular flexibility index (Phi) is 6.43. The lowest BCUT2D eigenvalue weighted by atomic mass is 10.1. The zero-order chi connectivity index (χ0) is 23.0. The Morgan fingerprint density at radius 2 is 1.53 bits per heavy atom. The van der Waals surface area contributed by atoms with Crippen LogP contribution in [-0.2, 0) is 24.8 Å². The van der Waals surface area contributed by atoms with Gasteiger partial charge in [0.25, 0.3) is 10.0 Å². The third-order valence-corrected chi connectivity index (χ3v) is 6.39. The number of halogens is 2. The molecule has 2 rings (SSSR count). The van der Waals surface area contributed by atoms with Crippen molar-refractivity contribution in [1.29, 1.82) is 0 Å². The van der Waals surface area contributed by atoms with Crippen LogP contribution in [0.5, 0.6) is 0 Å². The average Bonchev–Trinajstić information content (AvgIpc) is 2.59. The molecule has 0 fully saturated rings. The molecule has 0 saturated heterocycles. The lowest BCUT2D eigenvalue weighted by Crippen LogP contribution is -2.20. The van der Waals surface area contributed by atoms with Gasteiger partial charge in [-0.2, -0.15) is 0 Å². The zero-order valence-electron chi connectivity index (χ0n) is 16.8. The van der Waals surface area contributed by atoms with Gasteiger partial charge in [0.05, 0.1) is 35.2 Å². The van der Waals surface area contributed by atoms with Gasteiger partial charge in [-0.05, 0) is 43.5 Å². The number of hydrogen-bond donors (Lipinski definition) is 2. The van der Waals surface area contributed by atoms with E-state index in [1.165, 1.54) is 19.9 Å². The fourth-order valence-corrected chi connectivity index (χ4v) is 5.23. The van der Waals surface area contributed by atoms with Crippen molar-refractivity contribution in [2.45, 2.75) is 25.7 Å². The van der Waals surface area contributed by atoms with E-state index in [0.717, 1.165) is 13.4 Å². The van der Waals surface area contributed by atoms with Crippen LogP contribution >= 0.6 is 0 Å². The van der Waals surface area contributed by atoms with Crippen LogP contribution in [0.4, 0.5) is 20.2 Å². The molecule has 164 valence electrons. The quantitative estimate of drug-likeness (QED) is 0.638. The first-order chi connectivity index (χ1) is 13.7. The molecule has 0 radical (unpaired) electrons. The van der Waals surface area contributed by atoms with Crippen LogP contribution in [0.25, 0.3) is 0 Å². The van der Waals surface area contributed by atoms with Crippen LogP contribution in [0.2, 0.25) is 0 Å². The molecule has 0 atom stereocenters. The van der Waals surface area contributed by atoms with Crippen LogP contribution in [0.1, 0.15) is 27.0 Å². The van der Waals surface area contributed by atoms with Gasteiger partial charge in [-0.1, -0.05) is 6.07 Å². The Balaban J connectivity index is 2.64. The predicted octanol–water partition coefficient (Wildman–Crippen LogP) is 2.85. The van der Waals surface area contributed by atoms with Crippen LogP contribution in [0.15, 0.2) is 23.1 Å². The molecule has 8 nitrogen and oxygen atoms in total. The number of sulfonamides is 2. The van der Waals surface area contributed by atoms with Crippen molar-refractivity contribution in [2.24, 2.45) is 0 Å². The number of ether oxygens (including phenoxy) is 1. The third kappa shape index (κ3) is 4.87. The molecule has 0 spiro atoms. The Bertz CT molecular complexity index is 1240. The number of aryl methyl sites for hydroxylation is 2. The lowest BCUT2D eigenvalue weighted by Gasteiger charge is -2.19. The maximum absolute atomic E-state index is 14.2. The lowest BCUT2D eigenvalue weighted by molar-refractivity contribution is 0.0595. The fraction of sp³-hybridized carbons (Fsp3) is 0.278. The molecule has 0 aliphatic carbocycles. The highest BCUT2D eigenvalue weighted by Gasteiger charge is 2.26.